The van der Waals surface area contributed by atoms with Crippen LogP contribution >= 0.6 is 0 Å². The maximum atomic E-state index is 10.9. The van der Waals surface area contributed by atoms with Crippen LogP contribution in [-0.4, -0.2) is 30.2 Å². The molecule has 1 aliphatic heterocycles. The molecule has 1 amide bonds. The van der Waals surface area contributed by atoms with Gasteiger partial charge in [0.1, 0.15) is 0 Å². The lowest BCUT2D eigenvalue weighted by molar-refractivity contribution is 0.0247. The van der Waals surface area contributed by atoms with Crippen molar-refractivity contribution in [3.8, 4) is 0 Å². The van der Waals surface area contributed by atoms with Gasteiger partial charge in [-0.15, -0.1) is 0 Å². The van der Waals surface area contributed by atoms with Crippen LogP contribution in [0.15, 0.2) is 0 Å². The van der Waals surface area contributed by atoms with Gasteiger partial charge in [0.25, 0.3) is 0 Å². The van der Waals surface area contributed by atoms with E-state index in [0.29, 0.717) is 6.61 Å². The van der Waals surface area contributed by atoms with E-state index in [1.54, 1.807) is 11.9 Å². The molecule has 0 aromatic rings. The summed E-state index contributed by atoms with van der Waals surface area (Å²) in [5.41, 5.74) is -0.0324. The Morgan fingerprint density at radius 2 is 2.20 bits per heavy atom. The van der Waals surface area contributed by atoms with Crippen LogP contribution < -0.4 is 0 Å². The van der Waals surface area contributed by atoms with Crippen molar-refractivity contribution in [1.82, 2.24) is 4.90 Å². The van der Waals surface area contributed by atoms with Gasteiger partial charge in [0.15, 0.2) is 0 Å². The van der Waals surface area contributed by atoms with Gasteiger partial charge in [0, 0.05) is 19.0 Å². The molecule has 1 fully saturated rings. The maximum Gasteiger partial charge on any atom is 0.409 e. The average Bonchev–Trinajstić information content (AvgIpc) is 1.83. The molecule has 0 saturated carbocycles. The van der Waals surface area contributed by atoms with Crippen LogP contribution in [0.25, 0.3) is 0 Å². The number of carbonyl (C=O) groups is 1. The molecule has 0 atom stereocenters. The Labute approximate surface area is 61.0 Å². The quantitative estimate of drug-likeness (QED) is 0.510. The minimum absolute atomic E-state index is 0.0324. The van der Waals surface area contributed by atoms with Gasteiger partial charge in [-0.1, -0.05) is 0 Å². The van der Waals surface area contributed by atoms with E-state index in [4.69, 9.17) is 4.74 Å². The largest absolute Gasteiger partial charge is 0.449 e. The van der Waals surface area contributed by atoms with E-state index >= 15 is 0 Å². The molecule has 0 aliphatic carbocycles. The molecule has 0 spiro atoms. The van der Waals surface area contributed by atoms with Crippen molar-refractivity contribution in [1.29, 1.82) is 0 Å². The molecule has 1 heterocycles. The summed E-state index contributed by atoms with van der Waals surface area (Å²) in [6.45, 7) is 4.62. The summed E-state index contributed by atoms with van der Waals surface area (Å²) in [6, 6.07) is 0. The van der Waals surface area contributed by atoms with E-state index in [1.165, 1.54) is 0 Å². The Morgan fingerprint density at radius 3 is 2.60 bits per heavy atom. The lowest BCUT2D eigenvalue weighted by Crippen LogP contribution is -2.49. The number of rotatable bonds is 0. The molecule has 0 radical (unpaired) electrons. The highest BCUT2D eigenvalue weighted by atomic mass is 16.6. The van der Waals surface area contributed by atoms with Crippen molar-refractivity contribution in [2.45, 2.75) is 25.8 Å². The Kier molecular flexibility index (Phi) is 1.58. The smallest absolute Gasteiger partial charge is 0.409 e. The van der Waals surface area contributed by atoms with E-state index in [-0.39, 0.29) is 11.6 Å². The fraction of sp³-hybridized carbons (Fsp3) is 0.857. The third-order valence-electron chi connectivity index (χ3n) is 2.12. The van der Waals surface area contributed by atoms with Crippen LogP contribution in [0.3, 0.4) is 0 Å². The Hall–Kier alpha value is -0.730. The topological polar surface area (TPSA) is 29.5 Å². The minimum Gasteiger partial charge on any atom is -0.449 e. The second-order valence-corrected chi connectivity index (χ2v) is 3.24. The molecule has 0 aromatic carbocycles. The predicted octanol–water partition coefficient (Wildman–Crippen LogP) is 1.24. The first-order valence-electron chi connectivity index (χ1n) is 3.44. The van der Waals surface area contributed by atoms with Gasteiger partial charge in [-0.05, 0) is 13.8 Å². The average molecular weight is 143 g/mol. The standard InChI is InChI=1S/C7H13NO2/c1-7(2)4-5-10-6(9)8(7)3/h4-5H2,1-3H3. The number of hydrogen-bond donors (Lipinski definition) is 0. The highest BCUT2D eigenvalue weighted by Gasteiger charge is 2.32. The highest BCUT2D eigenvalue weighted by Crippen LogP contribution is 2.21. The SMILES string of the molecule is CN1C(=O)OCCC1(C)C. The van der Waals surface area contributed by atoms with E-state index < -0.39 is 0 Å². The van der Waals surface area contributed by atoms with Gasteiger partial charge in [-0.25, -0.2) is 4.79 Å². The third-order valence-corrected chi connectivity index (χ3v) is 2.12. The zero-order valence-corrected chi connectivity index (χ0v) is 6.68. The van der Waals surface area contributed by atoms with Crippen LogP contribution in [0.2, 0.25) is 0 Å². The second kappa shape index (κ2) is 2.15. The summed E-state index contributed by atoms with van der Waals surface area (Å²) in [5, 5.41) is 0. The third kappa shape index (κ3) is 1.08. The molecule has 0 unspecified atom stereocenters. The summed E-state index contributed by atoms with van der Waals surface area (Å²) < 4.78 is 4.81. The first kappa shape index (κ1) is 7.38. The maximum absolute atomic E-state index is 10.9. The van der Waals surface area contributed by atoms with Crippen molar-refractivity contribution in [3.63, 3.8) is 0 Å². The van der Waals surface area contributed by atoms with Crippen molar-refractivity contribution in [2.24, 2.45) is 0 Å². The summed E-state index contributed by atoms with van der Waals surface area (Å²) in [5.74, 6) is 0. The van der Waals surface area contributed by atoms with Gasteiger partial charge in [0.2, 0.25) is 0 Å². The van der Waals surface area contributed by atoms with Gasteiger partial charge < -0.3 is 9.64 Å². The molecule has 1 aliphatic rings. The lowest BCUT2D eigenvalue weighted by Gasteiger charge is -2.38. The first-order chi connectivity index (χ1) is 4.54. The highest BCUT2D eigenvalue weighted by molar-refractivity contribution is 5.68. The normalized spacial score (nSPS) is 24.3. The lowest BCUT2D eigenvalue weighted by atomic mass is 9.99. The molecule has 1 saturated heterocycles. The summed E-state index contributed by atoms with van der Waals surface area (Å²) in [6.07, 6.45) is 0.700. The molecule has 3 nitrogen and oxygen atoms in total. The molecule has 3 heteroatoms. The Bertz CT molecular complexity index is 154. The van der Waals surface area contributed by atoms with Crippen molar-refractivity contribution < 1.29 is 9.53 Å². The van der Waals surface area contributed by atoms with Gasteiger partial charge in [-0.3, -0.25) is 0 Å². The number of amides is 1. The van der Waals surface area contributed by atoms with E-state index in [1.807, 2.05) is 13.8 Å². The number of hydrogen-bond acceptors (Lipinski definition) is 2. The van der Waals surface area contributed by atoms with Crippen LogP contribution in [0, 0.1) is 0 Å². The molecule has 10 heavy (non-hydrogen) atoms. The van der Waals surface area contributed by atoms with E-state index in [2.05, 4.69) is 0 Å². The van der Waals surface area contributed by atoms with Gasteiger partial charge >= 0.3 is 6.09 Å². The second-order valence-electron chi connectivity index (χ2n) is 3.24. The number of ether oxygens (including phenoxy) is 1. The zero-order chi connectivity index (χ0) is 7.78. The molecular formula is C7H13NO2. The number of carbonyl (C=O) groups excluding carboxylic acids is 1. The van der Waals surface area contributed by atoms with E-state index in [9.17, 15) is 4.79 Å². The minimum atomic E-state index is -0.212. The summed E-state index contributed by atoms with van der Waals surface area (Å²) >= 11 is 0. The molecular weight excluding hydrogens is 130 g/mol. The number of cyclic esters (lactones) is 1. The van der Waals surface area contributed by atoms with Crippen LogP contribution in [0.4, 0.5) is 4.79 Å². The van der Waals surface area contributed by atoms with Crippen molar-refractivity contribution >= 4 is 6.09 Å². The molecule has 0 aromatic heterocycles. The number of nitrogens with zero attached hydrogens (tertiary/aromatic N) is 1. The Balaban J connectivity index is 2.69. The van der Waals surface area contributed by atoms with Gasteiger partial charge in [-0.2, -0.15) is 0 Å². The fourth-order valence-corrected chi connectivity index (χ4v) is 0.900. The Morgan fingerprint density at radius 1 is 1.60 bits per heavy atom. The first-order valence-corrected chi connectivity index (χ1v) is 3.44. The van der Waals surface area contributed by atoms with Gasteiger partial charge in [0.05, 0.1) is 6.61 Å². The van der Waals surface area contributed by atoms with Crippen LogP contribution in [0.1, 0.15) is 20.3 Å². The summed E-state index contributed by atoms with van der Waals surface area (Å²) in [4.78, 5) is 12.5. The van der Waals surface area contributed by atoms with E-state index in [0.717, 1.165) is 6.42 Å². The fourth-order valence-electron chi connectivity index (χ4n) is 0.900. The monoisotopic (exact) mass is 143 g/mol. The van der Waals surface area contributed by atoms with Crippen molar-refractivity contribution in [2.75, 3.05) is 13.7 Å². The molecule has 1 rings (SSSR count). The summed E-state index contributed by atoms with van der Waals surface area (Å²) in [7, 11) is 1.77. The van der Waals surface area contributed by atoms with Crippen LogP contribution in [-0.2, 0) is 4.74 Å². The molecule has 58 valence electrons. The predicted molar refractivity (Wildman–Crippen MR) is 37.8 cm³/mol. The molecule has 0 N–H and O–H groups in total. The van der Waals surface area contributed by atoms with Crippen molar-refractivity contribution in [3.05, 3.63) is 0 Å². The van der Waals surface area contributed by atoms with Crippen LogP contribution in [0.5, 0.6) is 0 Å². The zero-order valence-electron chi connectivity index (χ0n) is 6.68. The molecule has 0 bridgehead atoms.